The molecule has 0 N–H and O–H groups in total. The second-order valence-electron chi connectivity index (χ2n) is 4.80. The molecule has 0 radical (unpaired) electrons. The van der Waals surface area contributed by atoms with E-state index >= 15 is 0 Å². The summed E-state index contributed by atoms with van der Waals surface area (Å²) in [7, 11) is 0. The van der Waals surface area contributed by atoms with E-state index in [1.54, 1.807) is 4.80 Å². The van der Waals surface area contributed by atoms with Gasteiger partial charge in [0.25, 0.3) is 0 Å². The Balaban J connectivity index is 2.27. The van der Waals surface area contributed by atoms with Gasteiger partial charge < -0.3 is 0 Å². The van der Waals surface area contributed by atoms with E-state index in [1.807, 2.05) is 13.8 Å². The van der Waals surface area contributed by atoms with Gasteiger partial charge in [0.1, 0.15) is 0 Å². The van der Waals surface area contributed by atoms with Gasteiger partial charge in [-0.3, -0.25) is 0 Å². The molecule has 2 rings (SSSR count). The Labute approximate surface area is 102 Å². The molecule has 0 spiro atoms. The van der Waals surface area contributed by atoms with Gasteiger partial charge in [-0.2, -0.15) is 4.80 Å². The van der Waals surface area contributed by atoms with E-state index in [2.05, 4.69) is 53.5 Å². The van der Waals surface area contributed by atoms with Crippen LogP contribution in [-0.4, -0.2) is 20.2 Å². The van der Waals surface area contributed by atoms with Crippen molar-refractivity contribution < 1.29 is 0 Å². The van der Waals surface area contributed by atoms with Crippen molar-refractivity contribution >= 4 is 0 Å². The summed E-state index contributed by atoms with van der Waals surface area (Å²) in [4.78, 5) is 1.63. The van der Waals surface area contributed by atoms with Crippen LogP contribution in [0.1, 0.15) is 45.2 Å². The monoisotopic (exact) mass is 230 g/mol. The van der Waals surface area contributed by atoms with Crippen molar-refractivity contribution in [1.29, 1.82) is 0 Å². The minimum absolute atomic E-state index is 0.242. The summed E-state index contributed by atoms with van der Waals surface area (Å²) in [5.74, 6) is 1.23. The Hall–Kier alpha value is -1.71. The maximum absolute atomic E-state index is 4.35. The van der Waals surface area contributed by atoms with Crippen molar-refractivity contribution in [1.82, 2.24) is 20.2 Å². The van der Waals surface area contributed by atoms with Crippen molar-refractivity contribution in [2.45, 2.75) is 39.7 Å². The molecule has 1 aromatic heterocycles. The number of nitrogens with zero attached hydrogens (tertiary/aromatic N) is 4. The molecular formula is C13H18N4. The van der Waals surface area contributed by atoms with Crippen LogP contribution in [0.25, 0.3) is 11.4 Å². The number of hydrogen-bond acceptors (Lipinski definition) is 3. The number of benzene rings is 1. The second-order valence-corrected chi connectivity index (χ2v) is 4.80. The molecule has 0 saturated carbocycles. The first-order chi connectivity index (χ1) is 8.08. The van der Waals surface area contributed by atoms with E-state index in [0.29, 0.717) is 11.7 Å². The van der Waals surface area contributed by atoms with Crippen LogP contribution in [0.4, 0.5) is 0 Å². The molecule has 17 heavy (non-hydrogen) atoms. The molecule has 1 aromatic carbocycles. The number of hydrogen-bond donors (Lipinski definition) is 0. The number of aromatic nitrogens is 4. The second kappa shape index (κ2) is 4.65. The predicted octanol–water partition coefficient (Wildman–Crippen LogP) is 3.04. The summed E-state index contributed by atoms with van der Waals surface area (Å²) in [6, 6.07) is 8.59. The summed E-state index contributed by atoms with van der Waals surface area (Å²) in [6.45, 7) is 8.44. The average Bonchev–Trinajstić information content (AvgIpc) is 2.78. The molecule has 2 aromatic rings. The summed E-state index contributed by atoms with van der Waals surface area (Å²) in [5, 5.41) is 12.4. The molecule has 0 aliphatic rings. The van der Waals surface area contributed by atoms with Gasteiger partial charge >= 0.3 is 0 Å². The lowest BCUT2D eigenvalue weighted by molar-refractivity contribution is 0.455. The molecule has 0 unspecified atom stereocenters. The van der Waals surface area contributed by atoms with Crippen molar-refractivity contribution in [2.75, 3.05) is 0 Å². The smallest absolute Gasteiger partial charge is 0.161 e. The molecule has 90 valence electrons. The molecule has 0 saturated heterocycles. The minimum Gasteiger partial charge on any atom is -0.161 e. The Kier molecular flexibility index (Phi) is 3.22. The van der Waals surface area contributed by atoms with Gasteiger partial charge in [0.05, 0.1) is 6.04 Å². The van der Waals surface area contributed by atoms with Crippen molar-refractivity contribution in [2.24, 2.45) is 0 Å². The molecule has 4 nitrogen and oxygen atoms in total. The highest BCUT2D eigenvalue weighted by molar-refractivity contribution is 5.54. The highest BCUT2D eigenvalue weighted by Crippen LogP contribution is 2.19. The fourth-order valence-corrected chi connectivity index (χ4v) is 1.58. The Morgan fingerprint density at radius 3 is 2.12 bits per heavy atom. The third kappa shape index (κ3) is 2.52. The Morgan fingerprint density at radius 2 is 1.65 bits per heavy atom. The van der Waals surface area contributed by atoms with Crippen LogP contribution in [-0.2, 0) is 0 Å². The highest BCUT2D eigenvalue weighted by atomic mass is 15.6. The fraction of sp³-hybridized carbons (Fsp3) is 0.462. The van der Waals surface area contributed by atoms with Gasteiger partial charge in [0.2, 0.25) is 5.82 Å². The minimum atomic E-state index is 0.242. The molecule has 0 aliphatic heterocycles. The lowest BCUT2D eigenvalue weighted by atomic mass is 10.0. The Bertz CT molecular complexity index is 482. The molecule has 0 amide bonds. The molecule has 1 heterocycles. The lowest BCUT2D eigenvalue weighted by Gasteiger charge is -2.04. The average molecular weight is 230 g/mol. The van der Waals surface area contributed by atoms with Crippen molar-refractivity contribution in [3.05, 3.63) is 29.8 Å². The van der Waals surface area contributed by atoms with Crippen molar-refractivity contribution in [3.63, 3.8) is 0 Å². The van der Waals surface area contributed by atoms with Gasteiger partial charge in [-0.25, -0.2) is 0 Å². The summed E-state index contributed by atoms with van der Waals surface area (Å²) >= 11 is 0. The topological polar surface area (TPSA) is 43.6 Å². The fourth-order valence-electron chi connectivity index (χ4n) is 1.58. The van der Waals surface area contributed by atoms with E-state index < -0.39 is 0 Å². The molecule has 0 atom stereocenters. The number of tetrazole rings is 1. The molecule has 0 bridgehead atoms. The zero-order chi connectivity index (χ0) is 12.4. The van der Waals surface area contributed by atoms with Crippen LogP contribution in [0.3, 0.4) is 0 Å². The van der Waals surface area contributed by atoms with Gasteiger partial charge in [-0.1, -0.05) is 38.1 Å². The molecule has 0 fully saturated rings. The van der Waals surface area contributed by atoms with Crippen molar-refractivity contribution in [3.8, 4) is 11.4 Å². The van der Waals surface area contributed by atoms with E-state index in [1.165, 1.54) is 5.56 Å². The lowest BCUT2D eigenvalue weighted by Crippen LogP contribution is -2.04. The zero-order valence-electron chi connectivity index (χ0n) is 10.8. The van der Waals surface area contributed by atoms with Gasteiger partial charge in [-0.05, 0) is 30.5 Å². The van der Waals surface area contributed by atoms with Crippen LogP contribution >= 0.6 is 0 Å². The van der Waals surface area contributed by atoms with Crippen LogP contribution in [0.5, 0.6) is 0 Å². The first-order valence-electron chi connectivity index (χ1n) is 5.97. The highest BCUT2D eigenvalue weighted by Gasteiger charge is 2.08. The number of rotatable bonds is 3. The van der Waals surface area contributed by atoms with Gasteiger partial charge in [-0.15, -0.1) is 10.2 Å². The Morgan fingerprint density at radius 1 is 1.00 bits per heavy atom. The molecular weight excluding hydrogens is 212 g/mol. The summed E-state index contributed by atoms with van der Waals surface area (Å²) < 4.78 is 0. The summed E-state index contributed by atoms with van der Waals surface area (Å²) in [5.41, 5.74) is 2.34. The third-order valence-electron chi connectivity index (χ3n) is 2.73. The normalized spacial score (nSPS) is 11.4. The van der Waals surface area contributed by atoms with Crippen LogP contribution in [0.15, 0.2) is 24.3 Å². The maximum Gasteiger partial charge on any atom is 0.204 e. The standard InChI is InChI=1S/C13H18N4/c1-9(2)11-5-7-12(8-6-11)13-14-16-17(15-13)10(3)4/h5-10H,1-4H3. The SMILES string of the molecule is CC(C)c1ccc(-c2nnn(C(C)C)n2)cc1. The predicted molar refractivity (Wildman–Crippen MR) is 67.7 cm³/mol. The summed E-state index contributed by atoms with van der Waals surface area (Å²) in [6.07, 6.45) is 0. The first-order valence-corrected chi connectivity index (χ1v) is 5.97. The van der Waals surface area contributed by atoms with E-state index in [4.69, 9.17) is 0 Å². The van der Waals surface area contributed by atoms with Crippen LogP contribution < -0.4 is 0 Å². The quantitative estimate of drug-likeness (QED) is 0.814. The van der Waals surface area contributed by atoms with E-state index in [9.17, 15) is 0 Å². The van der Waals surface area contributed by atoms with E-state index in [0.717, 1.165) is 5.56 Å². The maximum atomic E-state index is 4.35. The van der Waals surface area contributed by atoms with Gasteiger partial charge in [0, 0.05) is 5.56 Å². The van der Waals surface area contributed by atoms with E-state index in [-0.39, 0.29) is 6.04 Å². The molecule has 0 aliphatic carbocycles. The van der Waals surface area contributed by atoms with Gasteiger partial charge in [0.15, 0.2) is 0 Å². The largest absolute Gasteiger partial charge is 0.204 e. The zero-order valence-corrected chi connectivity index (χ0v) is 10.8. The van der Waals surface area contributed by atoms with Crippen LogP contribution in [0, 0.1) is 0 Å². The third-order valence-corrected chi connectivity index (χ3v) is 2.73. The first kappa shape index (κ1) is 11.8. The van der Waals surface area contributed by atoms with Crippen LogP contribution in [0.2, 0.25) is 0 Å². The molecule has 4 heteroatoms.